The quantitative estimate of drug-likeness (QED) is 0.500. The molecule has 0 N–H and O–H groups in total. The van der Waals surface area contributed by atoms with Gasteiger partial charge in [-0.05, 0) is 48.4 Å². The summed E-state index contributed by atoms with van der Waals surface area (Å²) < 4.78 is 49.1. The average molecular weight is 462 g/mol. The van der Waals surface area contributed by atoms with Gasteiger partial charge in [-0.15, -0.1) is 11.8 Å². The Bertz CT molecular complexity index is 1100. The van der Waals surface area contributed by atoms with Crippen molar-refractivity contribution >= 4 is 17.8 Å². The maximum atomic E-state index is 12.7. The Morgan fingerprint density at radius 3 is 2.53 bits per heavy atom. The number of pyridine rings is 1. The lowest BCUT2D eigenvalue weighted by Gasteiger charge is -2.33. The molecule has 1 aromatic carbocycles. The summed E-state index contributed by atoms with van der Waals surface area (Å²) in [4.78, 5) is 11.0. The molecule has 2 aromatic heterocycles. The Labute approximate surface area is 187 Å². The van der Waals surface area contributed by atoms with Gasteiger partial charge < -0.3 is 14.2 Å². The molecule has 0 spiro atoms. The molecule has 2 aliphatic heterocycles. The Morgan fingerprint density at radius 1 is 1.12 bits per heavy atom. The Hall–Kier alpha value is -2.75. The normalized spacial score (nSPS) is 19.1. The van der Waals surface area contributed by atoms with Crippen molar-refractivity contribution in [3.8, 4) is 17.0 Å². The van der Waals surface area contributed by atoms with E-state index in [-0.39, 0.29) is 12.1 Å². The molecule has 0 bridgehead atoms. The second kappa shape index (κ2) is 8.31. The first-order chi connectivity index (χ1) is 15.4. The zero-order chi connectivity index (χ0) is 22.3. The van der Waals surface area contributed by atoms with Crippen LogP contribution in [0.4, 0.5) is 19.2 Å². The third-order valence-corrected chi connectivity index (χ3v) is 6.78. The van der Waals surface area contributed by atoms with Crippen LogP contribution in [0.3, 0.4) is 0 Å². The van der Waals surface area contributed by atoms with E-state index in [2.05, 4.69) is 45.5 Å². The molecular weight excluding hydrogens is 441 g/mol. The topological polar surface area (TPSA) is 64.3 Å². The lowest BCUT2D eigenvalue weighted by molar-refractivity contribution is -0.146. The molecular formula is C22H21F3N4O2S. The van der Waals surface area contributed by atoms with Crippen LogP contribution in [0.5, 0.6) is 5.75 Å². The lowest BCUT2D eigenvalue weighted by Crippen LogP contribution is -2.39. The summed E-state index contributed by atoms with van der Waals surface area (Å²) in [6.07, 6.45) is 1.63. The van der Waals surface area contributed by atoms with E-state index < -0.39 is 12.0 Å². The highest BCUT2D eigenvalue weighted by Gasteiger charge is 2.39. The van der Waals surface area contributed by atoms with Crippen LogP contribution in [0, 0.1) is 5.92 Å². The van der Waals surface area contributed by atoms with Crippen molar-refractivity contribution in [2.75, 3.05) is 24.2 Å². The number of fused-ring (bicyclic) bond motifs is 1. The molecule has 0 aliphatic carbocycles. The van der Waals surface area contributed by atoms with E-state index in [1.54, 1.807) is 22.9 Å². The van der Waals surface area contributed by atoms with E-state index in [9.17, 15) is 13.2 Å². The second-order valence-corrected chi connectivity index (χ2v) is 8.87. The van der Waals surface area contributed by atoms with Crippen molar-refractivity contribution in [1.82, 2.24) is 15.1 Å². The van der Waals surface area contributed by atoms with Gasteiger partial charge in [-0.25, -0.2) is 0 Å². The third kappa shape index (κ3) is 4.15. The minimum atomic E-state index is -4.60. The highest BCUT2D eigenvalue weighted by atomic mass is 32.2. The molecule has 6 nitrogen and oxygen atoms in total. The molecule has 1 atom stereocenters. The highest BCUT2D eigenvalue weighted by molar-refractivity contribution is 7.98. The van der Waals surface area contributed by atoms with E-state index in [1.165, 1.54) is 4.90 Å². The highest BCUT2D eigenvalue weighted by Crippen LogP contribution is 2.37. The van der Waals surface area contributed by atoms with Crippen molar-refractivity contribution < 1.29 is 22.4 Å². The van der Waals surface area contributed by atoms with Gasteiger partial charge in [0.1, 0.15) is 11.9 Å². The number of piperidine rings is 1. The van der Waals surface area contributed by atoms with Crippen molar-refractivity contribution in [2.24, 2.45) is 5.92 Å². The maximum Gasteiger partial charge on any atom is 0.455 e. The van der Waals surface area contributed by atoms with Crippen LogP contribution >= 0.6 is 11.8 Å². The number of rotatable bonds is 4. The van der Waals surface area contributed by atoms with E-state index in [1.807, 2.05) is 6.26 Å². The third-order valence-electron chi connectivity index (χ3n) is 6.04. The van der Waals surface area contributed by atoms with Gasteiger partial charge in [0.25, 0.3) is 5.82 Å². The molecule has 10 heteroatoms. The molecule has 1 unspecified atom stereocenters. The van der Waals surface area contributed by atoms with Crippen molar-refractivity contribution in [1.29, 1.82) is 0 Å². The van der Waals surface area contributed by atoms with Gasteiger partial charge in [-0.3, -0.25) is 4.98 Å². The number of alkyl halides is 3. The minimum absolute atomic E-state index is 0.0384. The molecule has 5 rings (SSSR count). The number of hydrogen-bond acceptors (Lipinski definition) is 7. The van der Waals surface area contributed by atoms with Gasteiger partial charge >= 0.3 is 12.2 Å². The average Bonchev–Trinajstić information content (AvgIpc) is 3.46. The van der Waals surface area contributed by atoms with Crippen LogP contribution in [0.15, 0.2) is 45.9 Å². The van der Waals surface area contributed by atoms with Crippen molar-refractivity contribution in [3.63, 3.8) is 0 Å². The summed E-state index contributed by atoms with van der Waals surface area (Å²) in [5, 5.41) is 3.04. The Kier molecular flexibility index (Phi) is 5.48. The maximum absolute atomic E-state index is 12.7. The smallest absolute Gasteiger partial charge is 0.455 e. The summed E-state index contributed by atoms with van der Waals surface area (Å²) in [5.74, 6) is -0.128. The van der Waals surface area contributed by atoms with Crippen molar-refractivity contribution in [3.05, 3.63) is 47.9 Å². The number of nitrogens with zero attached hydrogens (tertiary/aromatic N) is 4. The first kappa shape index (κ1) is 21.1. The van der Waals surface area contributed by atoms with Gasteiger partial charge in [-0.2, -0.15) is 18.2 Å². The SMILES string of the molecule is CSc1ccc(-c2cc3c(cn2)OC(C2CCN(c4nc(C(F)(F)F)no4)CC2)C3)cc1. The van der Waals surface area contributed by atoms with Crippen LogP contribution in [-0.2, 0) is 12.6 Å². The first-order valence-corrected chi connectivity index (χ1v) is 11.6. The number of anilines is 1. The first-order valence-electron chi connectivity index (χ1n) is 10.4. The fourth-order valence-electron chi connectivity index (χ4n) is 4.28. The molecule has 0 amide bonds. The summed E-state index contributed by atoms with van der Waals surface area (Å²) in [7, 11) is 0. The molecule has 168 valence electrons. The van der Waals surface area contributed by atoms with E-state index in [0.29, 0.717) is 19.0 Å². The number of hydrogen-bond donors (Lipinski definition) is 0. The summed E-state index contributed by atoms with van der Waals surface area (Å²) in [6, 6.07) is 10.3. The molecule has 0 radical (unpaired) electrons. The summed E-state index contributed by atoms with van der Waals surface area (Å²) in [6.45, 7) is 1.09. The number of aromatic nitrogens is 3. The molecule has 2 aliphatic rings. The Morgan fingerprint density at radius 2 is 1.88 bits per heavy atom. The number of ether oxygens (including phenoxy) is 1. The number of thioether (sulfide) groups is 1. The molecule has 32 heavy (non-hydrogen) atoms. The van der Waals surface area contributed by atoms with Gasteiger partial charge in [0.15, 0.2) is 0 Å². The molecule has 4 heterocycles. The molecule has 1 fully saturated rings. The van der Waals surface area contributed by atoms with Crippen LogP contribution in [0.2, 0.25) is 0 Å². The molecule has 3 aromatic rings. The standard InChI is InChI=1S/C22H21F3N4O2S/c1-32-16-4-2-13(3-5-16)17-10-15-11-18(30-19(15)12-26-17)14-6-8-29(9-7-14)21-27-20(28-31-21)22(23,24)25/h2-5,10,12,14,18H,6-9,11H2,1H3. The van der Waals surface area contributed by atoms with Crippen LogP contribution < -0.4 is 9.64 Å². The van der Waals surface area contributed by atoms with Crippen LogP contribution in [0.1, 0.15) is 24.2 Å². The van der Waals surface area contributed by atoms with Crippen molar-refractivity contribution in [2.45, 2.75) is 36.4 Å². The largest absolute Gasteiger partial charge is 0.488 e. The number of halogens is 3. The zero-order valence-electron chi connectivity index (χ0n) is 17.3. The second-order valence-electron chi connectivity index (χ2n) is 7.99. The van der Waals surface area contributed by atoms with Gasteiger partial charge in [0, 0.05) is 35.5 Å². The summed E-state index contributed by atoms with van der Waals surface area (Å²) >= 11 is 1.70. The predicted molar refractivity (Wildman–Crippen MR) is 114 cm³/mol. The van der Waals surface area contributed by atoms with E-state index in [0.717, 1.165) is 41.8 Å². The fourth-order valence-corrected chi connectivity index (χ4v) is 4.68. The fraction of sp³-hybridized carbons (Fsp3) is 0.409. The van der Waals surface area contributed by atoms with Crippen LogP contribution in [-0.4, -0.2) is 40.6 Å². The van der Waals surface area contributed by atoms with Gasteiger partial charge in [-0.1, -0.05) is 12.1 Å². The zero-order valence-corrected chi connectivity index (χ0v) is 18.1. The minimum Gasteiger partial charge on any atom is -0.488 e. The predicted octanol–water partition coefficient (Wildman–Crippen LogP) is 5.09. The molecule has 0 saturated carbocycles. The summed E-state index contributed by atoms with van der Waals surface area (Å²) in [5.41, 5.74) is 3.13. The van der Waals surface area contributed by atoms with E-state index >= 15 is 0 Å². The molecule has 1 saturated heterocycles. The van der Waals surface area contributed by atoms with Gasteiger partial charge in [0.2, 0.25) is 0 Å². The van der Waals surface area contributed by atoms with Crippen LogP contribution in [0.25, 0.3) is 11.3 Å². The Balaban J connectivity index is 1.21. The monoisotopic (exact) mass is 462 g/mol. The van der Waals surface area contributed by atoms with Gasteiger partial charge in [0.05, 0.1) is 11.9 Å². The number of benzene rings is 1. The lowest BCUT2D eigenvalue weighted by atomic mass is 9.89. The van der Waals surface area contributed by atoms with E-state index in [4.69, 9.17) is 9.26 Å².